The van der Waals surface area contributed by atoms with E-state index in [1.54, 1.807) is 18.2 Å². The quantitative estimate of drug-likeness (QED) is 0.628. The minimum Gasteiger partial charge on any atom is -0.258 e. The van der Waals surface area contributed by atoms with Crippen LogP contribution < -0.4 is 0 Å². The normalized spacial score (nSPS) is 9.88. The zero-order chi connectivity index (χ0) is 12.4. The SMILES string of the molecule is N#Cc1ccc(Br)cc1-n1cc([N+](=O)[O-])cn1. The second kappa shape index (κ2) is 4.35. The highest BCUT2D eigenvalue weighted by atomic mass is 79.9. The maximum absolute atomic E-state index is 10.5. The number of rotatable bonds is 2. The summed E-state index contributed by atoms with van der Waals surface area (Å²) in [4.78, 5) is 10.0. The number of hydrogen-bond donors (Lipinski definition) is 0. The van der Waals surface area contributed by atoms with Crippen LogP contribution in [0.25, 0.3) is 5.69 Å². The molecule has 0 bridgehead atoms. The van der Waals surface area contributed by atoms with Gasteiger partial charge >= 0.3 is 5.69 Å². The number of nitriles is 1. The van der Waals surface area contributed by atoms with Crippen molar-refractivity contribution in [1.29, 1.82) is 5.26 Å². The second-order valence-corrected chi connectivity index (χ2v) is 4.09. The third-order valence-electron chi connectivity index (χ3n) is 2.11. The lowest BCUT2D eigenvalue weighted by Gasteiger charge is -2.03. The molecule has 7 heteroatoms. The molecular formula is C10H5BrN4O2. The lowest BCUT2D eigenvalue weighted by Crippen LogP contribution is -1.97. The molecule has 0 atom stereocenters. The Morgan fingerprint density at radius 3 is 2.88 bits per heavy atom. The van der Waals surface area contributed by atoms with Crippen molar-refractivity contribution in [2.45, 2.75) is 0 Å². The number of nitro groups is 1. The predicted octanol–water partition coefficient (Wildman–Crippen LogP) is 2.41. The first-order valence-electron chi connectivity index (χ1n) is 4.51. The molecule has 2 rings (SSSR count). The van der Waals surface area contributed by atoms with E-state index in [2.05, 4.69) is 21.0 Å². The highest BCUT2D eigenvalue weighted by Gasteiger charge is 2.12. The van der Waals surface area contributed by atoms with Crippen LogP contribution in [0.15, 0.2) is 35.1 Å². The van der Waals surface area contributed by atoms with Gasteiger partial charge in [0.25, 0.3) is 0 Å². The Labute approximate surface area is 104 Å². The zero-order valence-electron chi connectivity index (χ0n) is 8.37. The van der Waals surface area contributed by atoms with Gasteiger partial charge in [-0.05, 0) is 18.2 Å². The lowest BCUT2D eigenvalue weighted by molar-refractivity contribution is -0.384. The topological polar surface area (TPSA) is 84.8 Å². The monoisotopic (exact) mass is 292 g/mol. The van der Waals surface area contributed by atoms with Crippen molar-refractivity contribution in [3.63, 3.8) is 0 Å². The van der Waals surface area contributed by atoms with Crippen LogP contribution in [0.5, 0.6) is 0 Å². The van der Waals surface area contributed by atoms with E-state index >= 15 is 0 Å². The third kappa shape index (κ3) is 2.16. The molecule has 0 aliphatic heterocycles. The highest BCUT2D eigenvalue weighted by Crippen LogP contribution is 2.21. The number of aromatic nitrogens is 2. The van der Waals surface area contributed by atoms with Crippen molar-refractivity contribution in [3.8, 4) is 11.8 Å². The molecule has 0 N–H and O–H groups in total. The average molecular weight is 293 g/mol. The van der Waals surface area contributed by atoms with E-state index in [1.807, 2.05) is 6.07 Å². The van der Waals surface area contributed by atoms with Crippen LogP contribution in [0.4, 0.5) is 5.69 Å². The summed E-state index contributed by atoms with van der Waals surface area (Å²) >= 11 is 3.27. The summed E-state index contributed by atoms with van der Waals surface area (Å²) in [6.45, 7) is 0. The Hall–Kier alpha value is -2.20. The molecule has 6 nitrogen and oxygen atoms in total. The van der Waals surface area contributed by atoms with Gasteiger partial charge in [-0.2, -0.15) is 10.4 Å². The van der Waals surface area contributed by atoms with Gasteiger partial charge in [-0.1, -0.05) is 15.9 Å². The van der Waals surface area contributed by atoms with Crippen molar-refractivity contribution in [2.75, 3.05) is 0 Å². The van der Waals surface area contributed by atoms with Crippen molar-refractivity contribution < 1.29 is 4.92 Å². The van der Waals surface area contributed by atoms with Crippen LogP contribution >= 0.6 is 15.9 Å². The summed E-state index contributed by atoms with van der Waals surface area (Å²) in [6.07, 6.45) is 2.41. The fourth-order valence-electron chi connectivity index (χ4n) is 1.33. The Morgan fingerprint density at radius 2 is 2.29 bits per heavy atom. The fraction of sp³-hybridized carbons (Fsp3) is 0. The van der Waals surface area contributed by atoms with Gasteiger partial charge in [0.15, 0.2) is 0 Å². The largest absolute Gasteiger partial charge is 0.307 e. The van der Waals surface area contributed by atoms with E-state index in [0.717, 1.165) is 10.7 Å². The molecule has 0 amide bonds. The van der Waals surface area contributed by atoms with Gasteiger partial charge in [-0.15, -0.1) is 0 Å². The minimum absolute atomic E-state index is 0.117. The Balaban J connectivity index is 2.56. The summed E-state index contributed by atoms with van der Waals surface area (Å²) < 4.78 is 2.08. The number of nitrogens with zero attached hydrogens (tertiary/aromatic N) is 4. The lowest BCUT2D eigenvalue weighted by atomic mass is 10.2. The first-order valence-corrected chi connectivity index (χ1v) is 5.30. The van der Waals surface area contributed by atoms with Gasteiger partial charge in [-0.3, -0.25) is 10.1 Å². The molecule has 0 aliphatic carbocycles. The molecule has 0 spiro atoms. The van der Waals surface area contributed by atoms with Gasteiger partial charge in [0.2, 0.25) is 0 Å². The molecule has 0 saturated heterocycles. The van der Waals surface area contributed by atoms with Gasteiger partial charge in [0, 0.05) is 4.47 Å². The Kier molecular flexibility index (Phi) is 2.89. The van der Waals surface area contributed by atoms with Gasteiger partial charge in [-0.25, -0.2) is 4.68 Å². The summed E-state index contributed by atoms with van der Waals surface area (Å²) in [5.74, 6) is 0. The molecule has 84 valence electrons. The van der Waals surface area contributed by atoms with E-state index in [9.17, 15) is 10.1 Å². The maximum atomic E-state index is 10.5. The molecule has 0 saturated carbocycles. The van der Waals surface area contributed by atoms with Crippen LogP contribution in [-0.4, -0.2) is 14.7 Å². The third-order valence-corrected chi connectivity index (χ3v) is 2.60. The minimum atomic E-state index is -0.534. The van der Waals surface area contributed by atoms with Crippen molar-refractivity contribution in [3.05, 3.63) is 50.7 Å². The summed E-state index contributed by atoms with van der Waals surface area (Å²) in [5.41, 5.74) is 0.773. The van der Waals surface area contributed by atoms with Crippen molar-refractivity contribution in [2.24, 2.45) is 0 Å². The molecule has 0 unspecified atom stereocenters. The predicted molar refractivity (Wildman–Crippen MR) is 62.6 cm³/mol. The molecule has 1 heterocycles. The summed E-state index contributed by atoms with van der Waals surface area (Å²) in [5, 5.41) is 23.4. The number of benzene rings is 1. The molecule has 2 aromatic rings. The highest BCUT2D eigenvalue weighted by molar-refractivity contribution is 9.10. The second-order valence-electron chi connectivity index (χ2n) is 3.17. The van der Waals surface area contributed by atoms with Crippen LogP contribution in [0, 0.1) is 21.4 Å². The van der Waals surface area contributed by atoms with E-state index in [4.69, 9.17) is 5.26 Å². The number of hydrogen-bond acceptors (Lipinski definition) is 4. The van der Waals surface area contributed by atoms with Crippen molar-refractivity contribution in [1.82, 2.24) is 9.78 Å². The summed E-state index contributed by atoms with van der Waals surface area (Å²) in [6, 6.07) is 7.02. The van der Waals surface area contributed by atoms with Crippen LogP contribution in [0.2, 0.25) is 0 Å². The first kappa shape index (κ1) is 11.3. The molecule has 17 heavy (non-hydrogen) atoms. The van der Waals surface area contributed by atoms with E-state index in [0.29, 0.717) is 11.3 Å². The first-order chi connectivity index (χ1) is 8.11. The number of halogens is 1. The molecule has 1 aromatic heterocycles. The van der Waals surface area contributed by atoms with Crippen LogP contribution in [0.1, 0.15) is 5.56 Å². The van der Waals surface area contributed by atoms with E-state index < -0.39 is 4.92 Å². The van der Waals surface area contributed by atoms with Gasteiger partial charge in [0.05, 0.1) is 16.2 Å². The summed E-state index contributed by atoms with van der Waals surface area (Å²) in [7, 11) is 0. The van der Waals surface area contributed by atoms with E-state index in [1.165, 1.54) is 10.9 Å². The molecule has 1 aromatic carbocycles. The Bertz CT molecular complexity index is 629. The smallest absolute Gasteiger partial charge is 0.258 e. The zero-order valence-corrected chi connectivity index (χ0v) is 9.96. The van der Waals surface area contributed by atoms with Gasteiger partial charge < -0.3 is 0 Å². The molecular weight excluding hydrogens is 288 g/mol. The molecule has 0 fully saturated rings. The Morgan fingerprint density at radius 1 is 1.53 bits per heavy atom. The van der Waals surface area contributed by atoms with E-state index in [-0.39, 0.29) is 5.69 Å². The maximum Gasteiger partial charge on any atom is 0.307 e. The average Bonchev–Trinajstić information content (AvgIpc) is 2.78. The van der Waals surface area contributed by atoms with Crippen LogP contribution in [-0.2, 0) is 0 Å². The fourth-order valence-corrected chi connectivity index (χ4v) is 1.68. The van der Waals surface area contributed by atoms with Crippen LogP contribution in [0.3, 0.4) is 0 Å². The van der Waals surface area contributed by atoms with Gasteiger partial charge in [0.1, 0.15) is 18.5 Å². The molecule has 0 aliphatic rings. The van der Waals surface area contributed by atoms with Crippen molar-refractivity contribution >= 4 is 21.6 Å². The molecule has 0 radical (unpaired) electrons. The standard InChI is InChI=1S/C10H5BrN4O2/c11-8-2-1-7(4-12)10(3-8)14-6-9(5-13-14)15(16)17/h1-3,5-6H.